The van der Waals surface area contributed by atoms with Gasteiger partial charge in [-0.2, -0.15) is 0 Å². The number of nitrogen functional groups attached to an aromatic ring is 1. The van der Waals surface area contributed by atoms with Gasteiger partial charge in [-0.3, -0.25) is 9.09 Å². The van der Waals surface area contributed by atoms with Crippen molar-refractivity contribution in [2.45, 2.75) is 24.5 Å². The minimum absolute atomic E-state index is 0.105. The number of hydrogen-bond donors (Lipinski definition) is 6. The number of imidazole rings is 1. The van der Waals surface area contributed by atoms with Crippen molar-refractivity contribution < 1.29 is 43.0 Å². The number of anilines is 1. The summed E-state index contributed by atoms with van der Waals surface area (Å²) in [4.78, 5) is 39.0. The molecular formula is C10H15N5O9P2S. The molecule has 0 radical (unpaired) electrons. The van der Waals surface area contributed by atoms with Crippen LogP contribution in [0, 0.1) is 0 Å². The van der Waals surface area contributed by atoms with E-state index >= 15 is 0 Å². The highest BCUT2D eigenvalue weighted by Crippen LogP contribution is 2.58. The molecule has 150 valence electrons. The fourth-order valence-electron chi connectivity index (χ4n) is 2.48. The van der Waals surface area contributed by atoms with Crippen LogP contribution in [0.15, 0.2) is 12.7 Å². The van der Waals surface area contributed by atoms with Gasteiger partial charge in [-0.1, -0.05) is 0 Å². The molecule has 2 aromatic rings. The molecule has 27 heavy (non-hydrogen) atoms. The minimum atomic E-state index is -4.92. The second kappa shape index (κ2) is 7.39. The lowest BCUT2D eigenvalue weighted by atomic mass is 10.1. The van der Waals surface area contributed by atoms with Crippen LogP contribution in [-0.4, -0.2) is 69.3 Å². The number of aliphatic hydroxyl groups excluding tert-OH is 2. The van der Waals surface area contributed by atoms with Crippen molar-refractivity contribution in [1.82, 2.24) is 19.5 Å². The number of phosphoric ester groups is 1. The number of aromatic nitrogens is 4. The highest BCUT2D eigenvalue weighted by Gasteiger charge is 2.45. The van der Waals surface area contributed by atoms with Crippen LogP contribution in [-0.2, 0) is 29.9 Å². The number of phosphoric acid groups is 1. The first kappa shape index (κ1) is 20.6. The summed E-state index contributed by atoms with van der Waals surface area (Å²) < 4.78 is 26.9. The molecule has 0 aliphatic carbocycles. The van der Waals surface area contributed by atoms with Crippen LogP contribution < -0.4 is 5.73 Å². The highest BCUT2D eigenvalue weighted by molar-refractivity contribution is 8.08. The Morgan fingerprint density at radius 3 is 2.63 bits per heavy atom. The molecule has 3 heterocycles. The summed E-state index contributed by atoms with van der Waals surface area (Å²) in [5.74, 6) is 0.105. The van der Waals surface area contributed by atoms with Gasteiger partial charge in [0.25, 0.3) is 0 Å². The molecule has 3 rings (SSSR count). The Balaban J connectivity index is 1.75. The highest BCUT2D eigenvalue weighted by atomic mass is 35.1. The summed E-state index contributed by atoms with van der Waals surface area (Å²) in [6.07, 6.45) is -2.95. The zero-order valence-electron chi connectivity index (χ0n) is 13.2. The molecule has 0 spiro atoms. The van der Waals surface area contributed by atoms with E-state index in [0.29, 0.717) is 0 Å². The lowest BCUT2D eigenvalue weighted by Crippen LogP contribution is -2.33. The Morgan fingerprint density at radius 1 is 1.26 bits per heavy atom. The van der Waals surface area contributed by atoms with Gasteiger partial charge in [-0.15, -0.1) is 0 Å². The van der Waals surface area contributed by atoms with Gasteiger partial charge in [0.1, 0.15) is 30.2 Å². The first-order valence-electron chi connectivity index (χ1n) is 7.17. The van der Waals surface area contributed by atoms with Crippen molar-refractivity contribution in [3.8, 4) is 0 Å². The maximum absolute atomic E-state index is 11.6. The van der Waals surface area contributed by atoms with Crippen molar-refractivity contribution >= 4 is 43.3 Å². The maximum Gasteiger partial charge on any atom is 0.479 e. The zero-order valence-corrected chi connectivity index (χ0v) is 15.8. The Morgan fingerprint density at radius 2 is 1.96 bits per heavy atom. The number of ether oxygens (including phenoxy) is 1. The quantitative estimate of drug-likeness (QED) is 0.275. The summed E-state index contributed by atoms with van der Waals surface area (Å²) in [7, 11) is -4.92. The van der Waals surface area contributed by atoms with E-state index in [2.05, 4.69) is 35.6 Å². The fourth-order valence-corrected chi connectivity index (χ4v) is 4.84. The Kier molecular flexibility index (Phi) is 5.65. The Labute approximate surface area is 156 Å². The molecule has 1 saturated heterocycles. The third-order valence-corrected chi connectivity index (χ3v) is 6.36. The van der Waals surface area contributed by atoms with E-state index in [0.717, 1.165) is 0 Å². The minimum Gasteiger partial charge on any atom is -0.387 e. The molecule has 1 aliphatic rings. The number of nitrogens with zero attached hydrogens (tertiary/aromatic N) is 4. The normalized spacial score (nSPS) is 28.5. The van der Waals surface area contributed by atoms with Crippen molar-refractivity contribution in [3.63, 3.8) is 0 Å². The van der Waals surface area contributed by atoms with Crippen molar-refractivity contribution in [2.24, 2.45) is 0 Å². The van der Waals surface area contributed by atoms with Crippen LogP contribution >= 0.6 is 14.5 Å². The van der Waals surface area contributed by atoms with E-state index in [-0.39, 0.29) is 17.0 Å². The third kappa shape index (κ3) is 4.50. The summed E-state index contributed by atoms with van der Waals surface area (Å²) in [6.45, 7) is -5.18. The molecule has 0 saturated carbocycles. The SMILES string of the molecule is Nc1ncnc2c1ncn2[C@@H]1O[C@H](COP(=O)(O)OP(O)(O)=[35S])[C@@H](O)[C@H]1O. The van der Waals surface area contributed by atoms with Gasteiger partial charge in [0.15, 0.2) is 17.7 Å². The van der Waals surface area contributed by atoms with Gasteiger partial charge >= 0.3 is 14.5 Å². The summed E-state index contributed by atoms with van der Waals surface area (Å²) in [5.41, 5.74) is 6.18. The summed E-state index contributed by atoms with van der Waals surface area (Å²) in [5, 5.41) is 20.3. The second-order valence-corrected chi connectivity index (χ2v) is 9.72. The number of aliphatic hydroxyl groups is 2. The second-order valence-electron chi connectivity index (χ2n) is 5.47. The van der Waals surface area contributed by atoms with Crippen LogP contribution in [0.4, 0.5) is 5.82 Å². The molecule has 1 unspecified atom stereocenters. The van der Waals surface area contributed by atoms with Gasteiger partial charge < -0.3 is 35.4 Å². The number of hydrogen-bond acceptors (Lipinski definition) is 11. The number of rotatable bonds is 6. The predicted molar refractivity (Wildman–Crippen MR) is 91.2 cm³/mol. The van der Waals surface area contributed by atoms with E-state index < -0.39 is 45.7 Å². The van der Waals surface area contributed by atoms with Gasteiger partial charge in [-0.05, 0) is 11.8 Å². The van der Waals surface area contributed by atoms with Crippen LogP contribution in [0.1, 0.15) is 6.23 Å². The van der Waals surface area contributed by atoms with Crippen molar-refractivity contribution in [2.75, 3.05) is 12.3 Å². The topological polar surface area (TPSA) is 216 Å². The Bertz CT molecular complexity index is 937. The van der Waals surface area contributed by atoms with Crippen LogP contribution in [0.25, 0.3) is 11.2 Å². The zero-order chi connectivity index (χ0) is 20.0. The van der Waals surface area contributed by atoms with E-state index in [1.807, 2.05) is 0 Å². The lowest BCUT2D eigenvalue weighted by Gasteiger charge is -2.18. The smallest absolute Gasteiger partial charge is 0.387 e. The van der Waals surface area contributed by atoms with E-state index in [4.69, 9.17) is 20.3 Å². The largest absolute Gasteiger partial charge is 0.479 e. The van der Waals surface area contributed by atoms with Gasteiger partial charge in [-0.25, -0.2) is 23.8 Å². The number of nitrogens with two attached hydrogens (primary N) is 1. The molecule has 0 amide bonds. The fraction of sp³-hybridized carbons (Fsp3) is 0.500. The molecular weight excluding hydrogens is 431 g/mol. The van der Waals surface area contributed by atoms with Gasteiger partial charge in [0.05, 0.1) is 12.9 Å². The molecule has 14 nitrogen and oxygen atoms in total. The summed E-state index contributed by atoms with van der Waals surface area (Å²) in [6, 6.07) is 0. The van der Waals surface area contributed by atoms with Crippen LogP contribution in [0.5, 0.6) is 0 Å². The molecule has 17 heteroatoms. The molecule has 1 aliphatic heterocycles. The average molecular weight is 446 g/mol. The molecule has 2 aromatic heterocycles. The van der Waals surface area contributed by atoms with Crippen molar-refractivity contribution in [3.05, 3.63) is 12.7 Å². The Hall–Kier alpha value is -1.09. The molecule has 5 atom stereocenters. The van der Waals surface area contributed by atoms with Crippen LogP contribution in [0.3, 0.4) is 0 Å². The average Bonchev–Trinajstić information content (AvgIpc) is 3.07. The number of fused-ring (bicyclic) bond motifs is 1. The van der Waals surface area contributed by atoms with E-state index in [1.54, 1.807) is 0 Å². The van der Waals surface area contributed by atoms with Crippen molar-refractivity contribution in [1.29, 1.82) is 0 Å². The molecule has 0 aromatic carbocycles. The third-order valence-electron chi connectivity index (χ3n) is 3.61. The molecule has 0 bridgehead atoms. The lowest BCUT2D eigenvalue weighted by molar-refractivity contribution is -0.0502. The monoisotopic (exact) mass is 446 g/mol. The molecule has 7 N–H and O–H groups in total. The first-order valence-corrected chi connectivity index (χ1v) is 11.3. The van der Waals surface area contributed by atoms with E-state index in [9.17, 15) is 19.7 Å². The van der Waals surface area contributed by atoms with Gasteiger partial charge in [0.2, 0.25) is 0 Å². The first-order chi connectivity index (χ1) is 12.5. The standard InChI is InChI=1S/C10H15N5O9P2S/c11-8-5-9(13-2-12-8)15(3-14-5)10-7(17)6(16)4(23-10)1-22-25(18,19)24-26(20,21)27/h2-4,6-7,10,16-17H,1H2,(H,18,19)(H2,11,12,13)(H2,20,21,27)/t4-,6-,7-,10-/m1/s1/i27+3. The predicted octanol–water partition coefficient (Wildman–Crippen LogP) is -1.63. The van der Waals surface area contributed by atoms with Crippen LogP contribution in [0.2, 0.25) is 0 Å². The maximum atomic E-state index is 11.6. The van der Waals surface area contributed by atoms with E-state index in [1.165, 1.54) is 17.2 Å². The summed E-state index contributed by atoms with van der Waals surface area (Å²) >= 11 is 4.09. The van der Waals surface area contributed by atoms with Gasteiger partial charge in [0, 0.05) is 0 Å². The molecule has 1 fully saturated rings.